The van der Waals surface area contributed by atoms with Crippen molar-refractivity contribution in [2.24, 2.45) is 5.92 Å². The van der Waals surface area contributed by atoms with E-state index in [1.54, 1.807) is 13.2 Å². The molecular weight excluding hydrogens is 414 g/mol. The van der Waals surface area contributed by atoms with Crippen LogP contribution in [0.2, 0.25) is 0 Å². The van der Waals surface area contributed by atoms with Crippen molar-refractivity contribution in [2.45, 2.75) is 32.7 Å². The molecule has 1 aliphatic carbocycles. The summed E-state index contributed by atoms with van der Waals surface area (Å²) in [4.78, 5) is 18.0. The number of methoxy groups -OCH3 is 1. The average Bonchev–Trinajstić information content (AvgIpc) is 3.53. The van der Waals surface area contributed by atoms with Crippen LogP contribution in [0, 0.1) is 12.8 Å². The molecule has 0 amide bonds. The van der Waals surface area contributed by atoms with E-state index in [2.05, 4.69) is 23.1 Å². The van der Waals surface area contributed by atoms with E-state index < -0.39 is 0 Å². The summed E-state index contributed by atoms with van der Waals surface area (Å²) in [6, 6.07) is 16.1. The van der Waals surface area contributed by atoms with Crippen molar-refractivity contribution in [3.05, 3.63) is 81.7 Å². The van der Waals surface area contributed by atoms with Gasteiger partial charge in [0.1, 0.15) is 5.75 Å². The van der Waals surface area contributed by atoms with Crippen LogP contribution in [0.25, 0.3) is 16.5 Å². The Kier molecular flexibility index (Phi) is 5.99. The fourth-order valence-electron chi connectivity index (χ4n) is 4.46. The maximum absolute atomic E-state index is 12.6. The minimum Gasteiger partial charge on any atom is -0.496 e. The SMILES string of the molecule is COc1cc(-c2cc3c(s2)CCN(CC2CC2)C3)cc(/C=C/C(=O)c2ccccc2)c1C. The van der Waals surface area contributed by atoms with Gasteiger partial charge in [-0.1, -0.05) is 36.4 Å². The van der Waals surface area contributed by atoms with Crippen LogP contribution in [0.5, 0.6) is 5.75 Å². The van der Waals surface area contributed by atoms with Gasteiger partial charge in [-0.05, 0) is 78.6 Å². The molecule has 3 aromatic rings. The highest BCUT2D eigenvalue weighted by Gasteiger charge is 2.27. The highest BCUT2D eigenvalue weighted by atomic mass is 32.1. The Bertz CT molecular complexity index is 1160. The largest absolute Gasteiger partial charge is 0.496 e. The lowest BCUT2D eigenvalue weighted by molar-refractivity contribution is 0.104. The molecule has 2 aromatic carbocycles. The monoisotopic (exact) mass is 443 g/mol. The first-order chi connectivity index (χ1) is 15.6. The molecule has 1 aromatic heterocycles. The van der Waals surface area contributed by atoms with Crippen molar-refractivity contribution in [1.82, 2.24) is 4.90 Å². The van der Waals surface area contributed by atoms with Gasteiger partial charge in [0.05, 0.1) is 7.11 Å². The van der Waals surface area contributed by atoms with Gasteiger partial charge in [-0.2, -0.15) is 0 Å². The smallest absolute Gasteiger partial charge is 0.185 e. The number of ketones is 1. The highest BCUT2D eigenvalue weighted by molar-refractivity contribution is 7.15. The summed E-state index contributed by atoms with van der Waals surface area (Å²) in [6.45, 7) is 5.55. The number of carbonyl (C=O) groups is 1. The number of thiophene rings is 1. The second-order valence-corrected chi connectivity index (χ2v) is 10.1. The molecular formula is C28H29NO2S. The van der Waals surface area contributed by atoms with Gasteiger partial charge in [0.2, 0.25) is 0 Å². The second kappa shape index (κ2) is 9.05. The lowest BCUT2D eigenvalue weighted by Crippen LogP contribution is -2.31. The number of nitrogens with zero attached hydrogens (tertiary/aromatic N) is 1. The van der Waals surface area contributed by atoms with E-state index in [0.717, 1.165) is 41.3 Å². The summed E-state index contributed by atoms with van der Waals surface area (Å²) in [6.07, 6.45) is 7.54. The van der Waals surface area contributed by atoms with E-state index in [-0.39, 0.29) is 5.78 Å². The fraction of sp³-hybridized carbons (Fsp3) is 0.321. The van der Waals surface area contributed by atoms with Crippen molar-refractivity contribution in [1.29, 1.82) is 0 Å². The van der Waals surface area contributed by atoms with E-state index in [1.807, 2.05) is 54.7 Å². The molecule has 0 unspecified atom stereocenters. The van der Waals surface area contributed by atoms with Gasteiger partial charge in [0.25, 0.3) is 0 Å². The molecule has 3 nitrogen and oxygen atoms in total. The van der Waals surface area contributed by atoms with Crippen molar-refractivity contribution >= 4 is 23.2 Å². The van der Waals surface area contributed by atoms with Crippen molar-refractivity contribution in [3.8, 4) is 16.2 Å². The molecule has 1 fully saturated rings. The van der Waals surface area contributed by atoms with Gasteiger partial charge < -0.3 is 4.74 Å². The first kappa shape index (κ1) is 21.2. The summed E-state index contributed by atoms with van der Waals surface area (Å²) >= 11 is 1.91. The maximum Gasteiger partial charge on any atom is 0.185 e. The van der Waals surface area contributed by atoms with Crippen LogP contribution in [0.4, 0.5) is 0 Å². The molecule has 164 valence electrons. The summed E-state index contributed by atoms with van der Waals surface area (Å²) in [5, 5.41) is 0. The summed E-state index contributed by atoms with van der Waals surface area (Å²) in [5.74, 6) is 1.80. The van der Waals surface area contributed by atoms with Crippen molar-refractivity contribution in [3.63, 3.8) is 0 Å². The Labute approximate surface area is 194 Å². The molecule has 0 bridgehead atoms. The third-order valence-corrected chi connectivity index (χ3v) is 7.82. The topological polar surface area (TPSA) is 29.5 Å². The van der Waals surface area contributed by atoms with E-state index in [1.165, 1.54) is 41.2 Å². The summed E-state index contributed by atoms with van der Waals surface area (Å²) < 4.78 is 5.69. The van der Waals surface area contributed by atoms with E-state index in [0.29, 0.717) is 5.56 Å². The lowest BCUT2D eigenvalue weighted by atomic mass is 10.0. The molecule has 0 atom stereocenters. The Hall–Kier alpha value is -2.69. The normalized spacial score (nSPS) is 16.3. The first-order valence-electron chi connectivity index (χ1n) is 11.4. The molecule has 0 radical (unpaired) electrons. The van der Waals surface area contributed by atoms with Gasteiger partial charge in [0.15, 0.2) is 5.78 Å². The van der Waals surface area contributed by atoms with E-state index in [9.17, 15) is 4.79 Å². The van der Waals surface area contributed by atoms with Crippen LogP contribution < -0.4 is 4.74 Å². The Morgan fingerprint density at radius 2 is 2.00 bits per heavy atom. The third kappa shape index (κ3) is 4.57. The first-order valence-corrected chi connectivity index (χ1v) is 12.2. The molecule has 5 rings (SSSR count). The Balaban J connectivity index is 1.42. The predicted molar refractivity (Wildman–Crippen MR) is 133 cm³/mol. The van der Waals surface area contributed by atoms with Crippen LogP contribution in [0.1, 0.15) is 44.8 Å². The highest BCUT2D eigenvalue weighted by Crippen LogP contribution is 2.39. The molecule has 1 saturated carbocycles. The van der Waals surface area contributed by atoms with Crippen molar-refractivity contribution in [2.75, 3.05) is 20.2 Å². The summed E-state index contributed by atoms with van der Waals surface area (Å²) in [7, 11) is 1.71. The number of rotatable bonds is 7. The molecule has 0 saturated heterocycles. The van der Waals surface area contributed by atoms with Crippen LogP contribution in [-0.2, 0) is 13.0 Å². The Morgan fingerprint density at radius 3 is 2.75 bits per heavy atom. The van der Waals surface area contributed by atoms with Crippen LogP contribution >= 0.6 is 11.3 Å². The van der Waals surface area contributed by atoms with Crippen molar-refractivity contribution < 1.29 is 9.53 Å². The number of carbonyl (C=O) groups excluding carboxylic acids is 1. The molecule has 1 aliphatic heterocycles. The molecule has 4 heteroatoms. The number of ether oxygens (including phenoxy) is 1. The lowest BCUT2D eigenvalue weighted by Gasteiger charge is -2.26. The number of allylic oxidation sites excluding steroid dienone is 1. The second-order valence-electron chi connectivity index (χ2n) is 8.94. The van der Waals surface area contributed by atoms with Crippen LogP contribution in [-0.4, -0.2) is 30.9 Å². The van der Waals surface area contributed by atoms with Gasteiger partial charge in [-0.15, -0.1) is 11.3 Å². The quantitative estimate of drug-likeness (QED) is 0.313. The molecule has 0 spiro atoms. The minimum absolute atomic E-state index is 0.0108. The molecule has 2 heterocycles. The standard InChI is InChI=1S/C28H29NO2S/c1-19-22(10-11-25(30)21-6-4-3-5-7-21)14-23(15-26(19)31-2)28-16-24-18-29(17-20-8-9-20)13-12-27(24)32-28/h3-7,10-11,14-16,20H,8-9,12-13,17-18H2,1-2H3/b11-10+. The van der Waals surface area contributed by atoms with Gasteiger partial charge in [0, 0.05) is 35.0 Å². The van der Waals surface area contributed by atoms with Crippen LogP contribution in [0.15, 0.2) is 54.6 Å². The fourth-order valence-corrected chi connectivity index (χ4v) is 5.61. The zero-order valence-electron chi connectivity index (χ0n) is 18.8. The molecule has 32 heavy (non-hydrogen) atoms. The third-order valence-electron chi connectivity index (χ3n) is 6.54. The zero-order chi connectivity index (χ0) is 22.1. The Morgan fingerprint density at radius 1 is 1.19 bits per heavy atom. The van der Waals surface area contributed by atoms with Gasteiger partial charge in [-0.3, -0.25) is 9.69 Å². The summed E-state index contributed by atoms with van der Waals surface area (Å²) in [5.41, 5.74) is 5.40. The number of benzene rings is 2. The van der Waals surface area contributed by atoms with E-state index in [4.69, 9.17) is 4.74 Å². The molecule has 2 aliphatic rings. The maximum atomic E-state index is 12.6. The number of hydrogen-bond acceptors (Lipinski definition) is 4. The van der Waals surface area contributed by atoms with E-state index >= 15 is 0 Å². The average molecular weight is 444 g/mol. The molecule has 0 N–H and O–H groups in total. The van der Waals surface area contributed by atoms with Gasteiger partial charge in [-0.25, -0.2) is 0 Å². The number of hydrogen-bond donors (Lipinski definition) is 0. The van der Waals surface area contributed by atoms with Crippen LogP contribution in [0.3, 0.4) is 0 Å². The van der Waals surface area contributed by atoms with Gasteiger partial charge >= 0.3 is 0 Å². The zero-order valence-corrected chi connectivity index (χ0v) is 19.6. The minimum atomic E-state index is 0.0108. The predicted octanol–water partition coefficient (Wildman–Crippen LogP) is 6.40. The number of fused-ring (bicyclic) bond motifs is 1.